The van der Waals surface area contributed by atoms with E-state index >= 15 is 0 Å². The van der Waals surface area contributed by atoms with Gasteiger partial charge in [0.2, 0.25) is 17.7 Å². The number of aliphatic hydroxyl groups is 1. The monoisotopic (exact) mass is 282 g/mol. The van der Waals surface area contributed by atoms with Gasteiger partial charge >= 0.3 is 0 Å². The molecule has 0 atom stereocenters. The molecule has 0 aromatic rings. The third kappa shape index (κ3) is 4.03. The van der Waals surface area contributed by atoms with E-state index in [9.17, 15) is 19.5 Å². The van der Waals surface area contributed by atoms with Crippen LogP contribution in [0.1, 0.15) is 44.9 Å². The number of hydrogen-bond donors (Lipinski definition) is 2. The molecule has 0 bridgehead atoms. The van der Waals surface area contributed by atoms with Gasteiger partial charge in [0.15, 0.2) is 0 Å². The Hall–Kier alpha value is -1.43. The maximum absolute atomic E-state index is 11.7. The molecule has 1 saturated heterocycles. The smallest absolute Gasteiger partial charge is 0.229 e. The van der Waals surface area contributed by atoms with Crippen molar-refractivity contribution in [3.63, 3.8) is 0 Å². The molecule has 2 aliphatic rings. The van der Waals surface area contributed by atoms with E-state index in [1.54, 1.807) is 0 Å². The second kappa shape index (κ2) is 6.83. The molecular formula is C14H22N2O4. The van der Waals surface area contributed by atoms with Crippen molar-refractivity contribution in [2.75, 3.05) is 13.1 Å². The quantitative estimate of drug-likeness (QED) is 0.705. The van der Waals surface area contributed by atoms with Gasteiger partial charge in [-0.2, -0.15) is 0 Å². The van der Waals surface area contributed by atoms with Gasteiger partial charge in [-0.25, -0.2) is 0 Å². The first kappa shape index (κ1) is 15.0. The van der Waals surface area contributed by atoms with E-state index in [0.29, 0.717) is 12.5 Å². The number of rotatable bonds is 5. The molecule has 6 nitrogen and oxygen atoms in total. The Morgan fingerprint density at radius 2 is 1.75 bits per heavy atom. The molecule has 2 N–H and O–H groups in total. The number of carbonyl (C=O) groups excluding carboxylic acids is 3. The van der Waals surface area contributed by atoms with Gasteiger partial charge in [-0.3, -0.25) is 19.3 Å². The fourth-order valence-corrected chi connectivity index (χ4v) is 2.78. The summed E-state index contributed by atoms with van der Waals surface area (Å²) in [6.45, 7) is 0.806. The summed E-state index contributed by atoms with van der Waals surface area (Å²) in [6, 6.07) is 0. The van der Waals surface area contributed by atoms with E-state index < -0.39 is 0 Å². The third-order valence-corrected chi connectivity index (χ3v) is 4.12. The summed E-state index contributed by atoms with van der Waals surface area (Å²) in [5.74, 6) is -0.0471. The van der Waals surface area contributed by atoms with E-state index in [0.717, 1.165) is 25.7 Å². The van der Waals surface area contributed by atoms with Gasteiger partial charge in [-0.1, -0.05) is 0 Å². The predicted molar refractivity (Wildman–Crippen MR) is 71.5 cm³/mol. The van der Waals surface area contributed by atoms with Crippen molar-refractivity contribution in [2.24, 2.45) is 5.92 Å². The first-order chi connectivity index (χ1) is 9.56. The number of imide groups is 1. The third-order valence-electron chi connectivity index (χ3n) is 4.12. The molecule has 0 radical (unpaired) electrons. The lowest BCUT2D eigenvalue weighted by Crippen LogP contribution is -2.36. The Bertz CT molecular complexity index is 373. The van der Waals surface area contributed by atoms with Crippen molar-refractivity contribution < 1.29 is 19.5 Å². The van der Waals surface area contributed by atoms with Crippen molar-refractivity contribution in [3.05, 3.63) is 0 Å². The lowest BCUT2D eigenvalue weighted by molar-refractivity contribution is -0.138. The molecule has 0 aromatic heterocycles. The van der Waals surface area contributed by atoms with Crippen LogP contribution < -0.4 is 5.32 Å². The van der Waals surface area contributed by atoms with Crippen LogP contribution >= 0.6 is 0 Å². The molecule has 0 unspecified atom stereocenters. The second-order valence-electron chi connectivity index (χ2n) is 5.67. The summed E-state index contributed by atoms with van der Waals surface area (Å²) in [6.07, 6.45) is 4.00. The van der Waals surface area contributed by atoms with Gasteiger partial charge in [0.25, 0.3) is 0 Å². The van der Waals surface area contributed by atoms with Crippen LogP contribution in [0.4, 0.5) is 0 Å². The average molecular weight is 282 g/mol. The maximum Gasteiger partial charge on any atom is 0.229 e. The molecule has 20 heavy (non-hydrogen) atoms. The maximum atomic E-state index is 11.7. The summed E-state index contributed by atoms with van der Waals surface area (Å²) < 4.78 is 0. The number of carbonyl (C=O) groups is 3. The predicted octanol–water partition coefficient (Wildman–Crippen LogP) is 0.193. The van der Waals surface area contributed by atoms with Crippen LogP contribution in [0.5, 0.6) is 0 Å². The summed E-state index contributed by atoms with van der Waals surface area (Å²) in [5.41, 5.74) is 0. The van der Waals surface area contributed by atoms with Gasteiger partial charge in [-0.15, -0.1) is 0 Å². The molecule has 0 aromatic carbocycles. The molecule has 3 amide bonds. The highest BCUT2D eigenvalue weighted by Gasteiger charge is 2.28. The minimum Gasteiger partial charge on any atom is -0.393 e. The Kier molecular flexibility index (Phi) is 5.11. The van der Waals surface area contributed by atoms with E-state index in [-0.39, 0.29) is 49.6 Å². The lowest BCUT2D eigenvalue weighted by Gasteiger charge is -2.25. The molecule has 1 heterocycles. The number of nitrogens with one attached hydrogen (secondary N) is 1. The van der Waals surface area contributed by atoms with E-state index in [4.69, 9.17) is 0 Å². The van der Waals surface area contributed by atoms with Gasteiger partial charge in [-0.05, 0) is 31.6 Å². The molecular weight excluding hydrogens is 260 g/mol. The van der Waals surface area contributed by atoms with E-state index in [2.05, 4.69) is 5.32 Å². The van der Waals surface area contributed by atoms with Crippen LogP contribution in [-0.4, -0.2) is 46.9 Å². The first-order valence-corrected chi connectivity index (χ1v) is 7.34. The van der Waals surface area contributed by atoms with Gasteiger partial charge < -0.3 is 10.4 Å². The molecule has 1 saturated carbocycles. The second-order valence-corrected chi connectivity index (χ2v) is 5.67. The molecule has 0 spiro atoms. The van der Waals surface area contributed by atoms with Gasteiger partial charge in [0.1, 0.15) is 0 Å². The molecule has 6 heteroatoms. The Morgan fingerprint density at radius 1 is 1.15 bits per heavy atom. The largest absolute Gasteiger partial charge is 0.393 e. The minimum absolute atomic E-state index is 0.122. The molecule has 112 valence electrons. The first-order valence-electron chi connectivity index (χ1n) is 7.34. The highest BCUT2D eigenvalue weighted by molar-refractivity contribution is 6.02. The summed E-state index contributed by atoms with van der Waals surface area (Å²) in [5, 5.41) is 12.3. The zero-order valence-corrected chi connectivity index (χ0v) is 11.6. The molecule has 2 rings (SSSR count). The number of nitrogens with zero attached hydrogens (tertiary/aromatic N) is 1. The minimum atomic E-state index is -0.186. The number of hydrogen-bond acceptors (Lipinski definition) is 4. The number of likely N-dealkylation sites (tertiary alicyclic amines) is 1. The topological polar surface area (TPSA) is 86.7 Å². The average Bonchev–Trinajstić information content (AvgIpc) is 2.75. The zero-order valence-electron chi connectivity index (χ0n) is 11.6. The summed E-state index contributed by atoms with van der Waals surface area (Å²) in [4.78, 5) is 35.7. The standard InChI is InChI=1S/C14H22N2O4/c17-11-3-1-10(2-4-11)9-15-12(18)7-8-16-13(19)5-6-14(16)20/h10-11,17H,1-9H2,(H,15,18). The van der Waals surface area contributed by atoms with Crippen LogP contribution in [0.2, 0.25) is 0 Å². The summed E-state index contributed by atoms with van der Waals surface area (Å²) in [7, 11) is 0. The number of aliphatic hydroxyl groups excluding tert-OH is 1. The van der Waals surface area contributed by atoms with Crippen LogP contribution in [0.25, 0.3) is 0 Å². The van der Waals surface area contributed by atoms with Crippen LogP contribution in [0.15, 0.2) is 0 Å². The van der Waals surface area contributed by atoms with Crippen molar-refractivity contribution in [1.29, 1.82) is 0 Å². The van der Waals surface area contributed by atoms with Gasteiger partial charge in [0, 0.05) is 32.4 Å². The molecule has 2 fully saturated rings. The summed E-state index contributed by atoms with van der Waals surface area (Å²) >= 11 is 0. The van der Waals surface area contributed by atoms with Crippen LogP contribution in [0, 0.1) is 5.92 Å². The van der Waals surface area contributed by atoms with Crippen LogP contribution in [-0.2, 0) is 14.4 Å². The van der Waals surface area contributed by atoms with Gasteiger partial charge in [0.05, 0.1) is 6.10 Å². The zero-order chi connectivity index (χ0) is 14.5. The Balaban J connectivity index is 1.63. The fourth-order valence-electron chi connectivity index (χ4n) is 2.78. The van der Waals surface area contributed by atoms with Crippen molar-refractivity contribution in [2.45, 2.75) is 51.0 Å². The Labute approximate surface area is 118 Å². The normalized spacial score (nSPS) is 26.9. The highest BCUT2D eigenvalue weighted by Crippen LogP contribution is 2.23. The van der Waals surface area contributed by atoms with Crippen molar-refractivity contribution >= 4 is 17.7 Å². The van der Waals surface area contributed by atoms with Crippen molar-refractivity contribution in [1.82, 2.24) is 10.2 Å². The number of amides is 3. The van der Waals surface area contributed by atoms with E-state index in [1.807, 2.05) is 0 Å². The van der Waals surface area contributed by atoms with Crippen molar-refractivity contribution in [3.8, 4) is 0 Å². The Morgan fingerprint density at radius 3 is 2.35 bits per heavy atom. The fraction of sp³-hybridized carbons (Fsp3) is 0.786. The van der Waals surface area contributed by atoms with Crippen LogP contribution in [0.3, 0.4) is 0 Å². The van der Waals surface area contributed by atoms with E-state index in [1.165, 1.54) is 4.90 Å². The molecule has 1 aliphatic heterocycles. The lowest BCUT2D eigenvalue weighted by atomic mass is 9.87. The molecule has 1 aliphatic carbocycles. The SMILES string of the molecule is O=C(CCN1C(=O)CCC1=O)NCC1CCC(O)CC1. The highest BCUT2D eigenvalue weighted by atomic mass is 16.3.